The smallest absolute Gasteiger partial charge is 0.358 e. The molecule has 0 unspecified atom stereocenters. The lowest BCUT2D eigenvalue weighted by molar-refractivity contribution is 0.0593. The molecule has 2 aromatic heterocycles. The molecule has 0 bridgehead atoms. The highest BCUT2D eigenvalue weighted by Crippen LogP contribution is 2.33. The molecule has 0 saturated heterocycles. The fraction of sp³-hybridized carbons (Fsp3) is 0.400. The van der Waals surface area contributed by atoms with Crippen LogP contribution in [-0.4, -0.2) is 35.0 Å². The van der Waals surface area contributed by atoms with Crippen molar-refractivity contribution in [2.75, 3.05) is 14.2 Å². The summed E-state index contributed by atoms with van der Waals surface area (Å²) in [6.07, 6.45) is 5.00. The van der Waals surface area contributed by atoms with Gasteiger partial charge in [-0.3, -0.25) is 0 Å². The highest BCUT2D eigenvalue weighted by atomic mass is 16.5. The van der Waals surface area contributed by atoms with Crippen LogP contribution in [0, 0.1) is 5.92 Å². The van der Waals surface area contributed by atoms with E-state index in [0.717, 1.165) is 12.1 Å². The van der Waals surface area contributed by atoms with Gasteiger partial charge in [0.25, 0.3) is 0 Å². The van der Waals surface area contributed by atoms with Crippen LogP contribution in [-0.2, 0) is 11.2 Å². The van der Waals surface area contributed by atoms with Crippen molar-refractivity contribution in [2.24, 2.45) is 5.92 Å². The fourth-order valence-electron chi connectivity index (χ4n) is 2.20. The van der Waals surface area contributed by atoms with E-state index in [1.165, 1.54) is 20.0 Å². The molecule has 0 aliphatic heterocycles. The van der Waals surface area contributed by atoms with Crippen molar-refractivity contribution in [3.8, 4) is 11.6 Å². The fourth-order valence-corrected chi connectivity index (χ4v) is 2.20. The second kappa shape index (κ2) is 5.55. The van der Waals surface area contributed by atoms with Gasteiger partial charge in [0, 0.05) is 5.69 Å². The van der Waals surface area contributed by atoms with E-state index in [0.29, 0.717) is 23.2 Å². The van der Waals surface area contributed by atoms with Crippen LogP contribution in [0.15, 0.2) is 24.4 Å². The Morgan fingerprint density at radius 1 is 1.38 bits per heavy atom. The van der Waals surface area contributed by atoms with Gasteiger partial charge >= 0.3 is 5.97 Å². The van der Waals surface area contributed by atoms with Crippen molar-refractivity contribution in [3.63, 3.8) is 0 Å². The number of rotatable bonds is 5. The number of ether oxygens (including phenoxy) is 2. The van der Waals surface area contributed by atoms with Crippen LogP contribution in [0.25, 0.3) is 5.82 Å². The van der Waals surface area contributed by atoms with Gasteiger partial charge in [0.2, 0.25) is 0 Å². The molecule has 3 rings (SSSR count). The molecule has 0 aromatic carbocycles. The zero-order chi connectivity index (χ0) is 14.8. The molecule has 6 nitrogen and oxygen atoms in total. The highest BCUT2D eigenvalue weighted by molar-refractivity contribution is 5.87. The third-order valence-corrected chi connectivity index (χ3v) is 3.55. The maximum atomic E-state index is 11.7. The molecule has 1 saturated carbocycles. The molecular formula is C15H17N3O3. The molecule has 6 heteroatoms. The maximum absolute atomic E-state index is 11.7. The molecular weight excluding hydrogens is 270 g/mol. The van der Waals surface area contributed by atoms with Crippen molar-refractivity contribution in [1.29, 1.82) is 0 Å². The number of methoxy groups -OCH3 is 2. The number of hydrogen-bond acceptors (Lipinski definition) is 5. The van der Waals surface area contributed by atoms with E-state index in [4.69, 9.17) is 9.47 Å². The summed E-state index contributed by atoms with van der Waals surface area (Å²) in [5, 5.41) is 4.33. The molecule has 1 aliphatic carbocycles. The van der Waals surface area contributed by atoms with Gasteiger partial charge in [-0.15, -0.1) is 0 Å². The summed E-state index contributed by atoms with van der Waals surface area (Å²) in [5.74, 6) is 1.60. The first-order valence-corrected chi connectivity index (χ1v) is 6.89. The lowest BCUT2D eigenvalue weighted by Gasteiger charge is -2.06. The second-order valence-electron chi connectivity index (χ2n) is 5.13. The van der Waals surface area contributed by atoms with Crippen LogP contribution in [0.3, 0.4) is 0 Å². The Labute approximate surface area is 122 Å². The summed E-state index contributed by atoms with van der Waals surface area (Å²) < 4.78 is 11.6. The SMILES string of the molecule is COC(=O)c1cc(CC2CC2)n(-c2ccc(OC)cn2)n1. The summed E-state index contributed by atoms with van der Waals surface area (Å²) in [4.78, 5) is 16.0. The average molecular weight is 287 g/mol. The first-order valence-electron chi connectivity index (χ1n) is 6.89. The minimum Gasteiger partial charge on any atom is -0.495 e. The van der Waals surface area contributed by atoms with Crippen molar-refractivity contribution in [3.05, 3.63) is 35.8 Å². The van der Waals surface area contributed by atoms with Crippen LogP contribution in [0.5, 0.6) is 5.75 Å². The minimum atomic E-state index is -0.431. The van der Waals surface area contributed by atoms with Crippen molar-refractivity contribution >= 4 is 5.97 Å². The maximum Gasteiger partial charge on any atom is 0.358 e. The van der Waals surface area contributed by atoms with E-state index < -0.39 is 5.97 Å². The molecule has 2 aromatic rings. The first kappa shape index (κ1) is 13.6. The predicted molar refractivity (Wildman–Crippen MR) is 75.7 cm³/mol. The first-order chi connectivity index (χ1) is 10.2. The highest BCUT2D eigenvalue weighted by Gasteiger charge is 2.25. The van der Waals surface area contributed by atoms with E-state index in [-0.39, 0.29) is 0 Å². The Morgan fingerprint density at radius 3 is 2.76 bits per heavy atom. The number of hydrogen-bond donors (Lipinski definition) is 0. The van der Waals surface area contributed by atoms with Crippen LogP contribution >= 0.6 is 0 Å². The summed E-state index contributed by atoms with van der Waals surface area (Å²) in [5.41, 5.74) is 1.29. The minimum absolute atomic E-state index is 0.311. The van der Waals surface area contributed by atoms with E-state index in [2.05, 4.69) is 10.1 Å². The number of esters is 1. The second-order valence-corrected chi connectivity index (χ2v) is 5.13. The summed E-state index contributed by atoms with van der Waals surface area (Å²) in [6, 6.07) is 5.43. The molecule has 0 spiro atoms. The van der Waals surface area contributed by atoms with Crippen LogP contribution in [0.4, 0.5) is 0 Å². The van der Waals surface area contributed by atoms with E-state index in [1.54, 1.807) is 24.1 Å². The standard InChI is InChI=1S/C15H17N3O3/c1-20-12-5-6-14(16-9-12)18-11(7-10-3-4-10)8-13(17-18)15(19)21-2/h5-6,8-10H,3-4,7H2,1-2H3. The van der Waals surface area contributed by atoms with Crippen LogP contribution < -0.4 is 4.74 Å². The van der Waals surface area contributed by atoms with Gasteiger partial charge in [0.15, 0.2) is 11.5 Å². The molecule has 2 heterocycles. The van der Waals surface area contributed by atoms with Crippen molar-refractivity contribution < 1.29 is 14.3 Å². The topological polar surface area (TPSA) is 66.2 Å². The monoisotopic (exact) mass is 287 g/mol. The van der Waals surface area contributed by atoms with Crippen molar-refractivity contribution in [2.45, 2.75) is 19.3 Å². The van der Waals surface area contributed by atoms with Crippen LogP contribution in [0.2, 0.25) is 0 Å². The van der Waals surface area contributed by atoms with E-state index in [9.17, 15) is 4.79 Å². The van der Waals surface area contributed by atoms with Gasteiger partial charge in [-0.2, -0.15) is 5.10 Å². The van der Waals surface area contributed by atoms with Gasteiger partial charge < -0.3 is 9.47 Å². The third-order valence-electron chi connectivity index (χ3n) is 3.55. The summed E-state index contributed by atoms with van der Waals surface area (Å²) >= 11 is 0. The molecule has 0 N–H and O–H groups in total. The number of nitrogens with zero attached hydrogens (tertiary/aromatic N) is 3. The lowest BCUT2D eigenvalue weighted by Crippen LogP contribution is -2.07. The third kappa shape index (κ3) is 2.89. The Kier molecular flexibility index (Phi) is 3.60. The zero-order valence-corrected chi connectivity index (χ0v) is 12.1. The zero-order valence-electron chi connectivity index (χ0n) is 12.1. The largest absolute Gasteiger partial charge is 0.495 e. The normalized spacial score (nSPS) is 14.0. The van der Waals surface area contributed by atoms with Gasteiger partial charge in [-0.25, -0.2) is 14.5 Å². The van der Waals surface area contributed by atoms with Crippen molar-refractivity contribution in [1.82, 2.24) is 14.8 Å². The lowest BCUT2D eigenvalue weighted by atomic mass is 10.2. The number of aromatic nitrogens is 3. The Morgan fingerprint density at radius 2 is 2.19 bits per heavy atom. The number of carbonyl (C=O) groups excluding carboxylic acids is 1. The van der Waals surface area contributed by atoms with E-state index in [1.807, 2.05) is 12.1 Å². The Hall–Kier alpha value is -2.37. The van der Waals surface area contributed by atoms with Gasteiger partial charge in [0.1, 0.15) is 5.75 Å². The van der Waals surface area contributed by atoms with Crippen LogP contribution in [0.1, 0.15) is 29.0 Å². The number of carbonyl (C=O) groups is 1. The molecule has 0 atom stereocenters. The van der Waals surface area contributed by atoms with Gasteiger partial charge in [-0.05, 0) is 43.4 Å². The van der Waals surface area contributed by atoms with E-state index >= 15 is 0 Å². The molecule has 1 fully saturated rings. The summed E-state index contributed by atoms with van der Waals surface area (Å²) in [6.45, 7) is 0. The average Bonchev–Trinajstić information content (AvgIpc) is 3.24. The van der Waals surface area contributed by atoms with Gasteiger partial charge in [0.05, 0.1) is 20.4 Å². The Balaban J connectivity index is 1.96. The molecule has 21 heavy (non-hydrogen) atoms. The molecule has 110 valence electrons. The van der Waals surface area contributed by atoms with Gasteiger partial charge in [-0.1, -0.05) is 0 Å². The predicted octanol–water partition coefficient (Wildman–Crippen LogP) is 2.01. The Bertz CT molecular complexity index is 645. The molecule has 0 amide bonds. The molecule has 0 radical (unpaired) electrons. The molecule has 1 aliphatic rings. The summed E-state index contributed by atoms with van der Waals surface area (Å²) in [7, 11) is 2.95. The quantitative estimate of drug-likeness (QED) is 0.787. The number of pyridine rings is 1.